The van der Waals surface area contributed by atoms with Gasteiger partial charge in [0.1, 0.15) is 16.8 Å². The van der Waals surface area contributed by atoms with Crippen molar-refractivity contribution >= 4 is 41.5 Å². The molecule has 1 unspecified atom stereocenters. The zero-order valence-electron chi connectivity index (χ0n) is 23.1. The van der Waals surface area contributed by atoms with E-state index in [1.807, 2.05) is 98.8 Å². The zero-order chi connectivity index (χ0) is 28.5. The highest BCUT2D eigenvalue weighted by Crippen LogP contribution is 2.66. The van der Waals surface area contributed by atoms with Gasteiger partial charge >= 0.3 is 7.60 Å². The van der Waals surface area contributed by atoms with Gasteiger partial charge in [0.15, 0.2) is 0 Å². The van der Waals surface area contributed by atoms with E-state index in [1.165, 1.54) is 0 Å². The maximum Gasteiger partial charge on any atom is 0.365 e. The topological polar surface area (TPSA) is 56.8 Å². The first kappa shape index (κ1) is 28.3. The van der Waals surface area contributed by atoms with Gasteiger partial charge in [0.25, 0.3) is 0 Å². The van der Waals surface area contributed by atoms with Crippen LogP contribution in [0, 0.1) is 5.41 Å². The lowest BCUT2D eigenvalue weighted by Gasteiger charge is -2.38. The second-order valence-electron chi connectivity index (χ2n) is 11.2. The fourth-order valence-corrected chi connectivity index (χ4v) is 11.0. The molecular formula is C33H33NO4P2S. The Bertz CT molecular complexity index is 1600. The van der Waals surface area contributed by atoms with E-state index >= 15 is 0 Å². The molecule has 0 amide bonds. The average Bonchev–Trinajstić information content (AvgIpc) is 3.00. The highest BCUT2D eigenvalue weighted by Gasteiger charge is 2.44. The van der Waals surface area contributed by atoms with Gasteiger partial charge in [-0.1, -0.05) is 135 Å². The molecule has 4 aromatic rings. The van der Waals surface area contributed by atoms with Crippen molar-refractivity contribution in [2.75, 3.05) is 13.2 Å². The molecule has 1 fully saturated rings. The Morgan fingerprint density at radius 2 is 1.32 bits per heavy atom. The minimum absolute atomic E-state index is 0.201. The van der Waals surface area contributed by atoms with Crippen molar-refractivity contribution in [2.24, 2.45) is 5.41 Å². The molecule has 0 aliphatic carbocycles. The van der Waals surface area contributed by atoms with E-state index in [-0.39, 0.29) is 11.5 Å². The third kappa shape index (κ3) is 5.79. The van der Waals surface area contributed by atoms with Crippen LogP contribution in [0.4, 0.5) is 0 Å². The Labute approximate surface area is 247 Å². The summed E-state index contributed by atoms with van der Waals surface area (Å²) in [5.74, 6) is 1.27. The molecule has 210 valence electrons. The third-order valence-electron chi connectivity index (χ3n) is 7.33. The Morgan fingerprint density at radius 3 is 1.90 bits per heavy atom. The summed E-state index contributed by atoms with van der Waals surface area (Å²) in [5, 5.41) is 6.55. The van der Waals surface area contributed by atoms with Gasteiger partial charge in [-0.25, -0.2) is 0 Å². The van der Waals surface area contributed by atoms with E-state index < -0.39 is 13.8 Å². The monoisotopic (exact) mass is 601 g/mol. The minimum atomic E-state index is -3.69. The number of para-hydroxylation sites is 1. The fraction of sp³-hybridized carbons (Fsp3) is 0.212. The second-order valence-corrected chi connectivity index (χ2v) is 17.3. The highest BCUT2D eigenvalue weighted by atomic mass is 32.4. The summed E-state index contributed by atoms with van der Waals surface area (Å²) in [7, 11) is -3.69. The Morgan fingerprint density at radius 1 is 0.805 bits per heavy atom. The lowest BCUT2D eigenvalue weighted by Crippen LogP contribution is -2.33. The standard InChI is InChI=1S/C33H33NO4P2S/c1-33(2)23-36-40(35,37-24-33)32(25-14-6-3-7-15-25)31-22-29(28-20-12-13-21-30(28)38-31)34-39(41,26-16-8-4-9-17-26)27-18-10-5-11-19-27/h3-21,29H,22-24H2,1-2H3,(H,34,41)/b32-31+. The van der Waals surface area contributed by atoms with Crippen LogP contribution in [0.15, 0.2) is 121 Å². The van der Waals surface area contributed by atoms with Crippen LogP contribution in [0.25, 0.3) is 5.31 Å². The van der Waals surface area contributed by atoms with E-state index in [9.17, 15) is 4.57 Å². The molecule has 1 atom stereocenters. The smallest absolute Gasteiger partial charge is 0.365 e. The first-order valence-corrected chi connectivity index (χ1v) is 18.1. The quantitative estimate of drug-likeness (QED) is 0.228. The SMILES string of the molecule is CC1(C)COP(=O)(/C(=C2\CC(NP(=S)(c3ccccc3)c3ccccc3)c3ccccc3O2)c2ccccc2)OC1. The molecule has 41 heavy (non-hydrogen) atoms. The van der Waals surface area contributed by atoms with Gasteiger partial charge in [-0.05, 0) is 11.6 Å². The first-order chi connectivity index (χ1) is 19.8. The van der Waals surface area contributed by atoms with Gasteiger partial charge in [-0.3, -0.25) is 9.65 Å². The number of fused-ring (bicyclic) bond motifs is 1. The molecule has 4 aromatic carbocycles. The fourth-order valence-electron chi connectivity index (χ4n) is 5.18. The molecule has 0 bridgehead atoms. The normalized spacial score (nSPS) is 20.9. The predicted molar refractivity (Wildman–Crippen MR) is 171 cm³/mol. The molecule has 8 heteroatoms. The van der Waals surface area contributed by atoms with Gasteiger partial charge < -0.3 is 13.8 Å². The zero-order valence-corrected chi connectivity index (χ0v) is 25.7. The number of benzene rings is 4. The molecule has 1 N–H and O–H groups in total. The lowest BCUT2D eigenvalue weighted by molar-refractivity contribution is 0.0465. The molecule has 0 spiro atoms. The highest BCUT2D eigenvalue weighted by molar-refractivity contribution is 8.20. The van der Waals surface area contributed by atoms with Gasteiger partial charge in [0, 0.05) is 34.1 Å². The summed E-state index contributed by atoms with van der Waals surface area (Å²) in [5.41, 5.74) is 1.53. The maximum absolute atomic E-state index is 14.5. The minimum Gasteiger partial charge on any atom is -0.460 e. The number of hydrogen-bond acceptors (Lipinski definition) is 5. The molecule has 5 nitrogen and oxygen atoms in total. The van der Waals surface area contributed by atoms with Crippen LogP contribution in [-0.2, 0) is 25.4 Å². The lowest BCUT2D eigenvalue weighted by atomic mass is 9.97. The largest absolute Gasteiger partial charge is 0.460 e. The van der Waals surface area contributed by atoms with E-state index in [4.69, 9.17) is 25.6 Å². The molecule has 2 aliphatic rings. The van der Waals surface area contributed by atoms with E-state index in [0.717, 1.165) is 21.7 Å². The van der Waals surface area contributed by atoms with E-state index in [1.54, 1.807) is 0 Å². The van der Waals surface area contributed by atoms with Crippen molar-refractivity contribution in [2.45, 2.75) is 26.3 Å². The molecule has 0 radical (unpaired) electrons. The summed E-state index contributed by atoms with van der Waals surface area (Å²) in [6.07, 6.45) is -2.04. The Hall–Kier alpha value is -2.82. The van der Waals surface area contributed by atoms with Crippen LogP contribution in [0.2, 0.25) is 0 Å². The van der Waals surface area contributed by atoms with Crippen LogP contribution < -0.4 is 20.4 Å². The summed E-state index contributed by atoms with van der Waals surface area (Å²) < 4.78 is 33.2. The number of rotatable bonds is 6. The third-order valence-corrected chi connectivity index (χ3v) is 13.6. The van der Waals surface area contributed by atoms with Crippen LogP contribution in [-0.4, -0.2) is 13.2 Å². The van der Waals surface area contributed by atoms with Crippen molar-refractivity contribution in [3.63, 3.8) is 0 Å². The summed E-state index contributed by atoms with van der Waals surface area (Å²) in [6, 6.07) is 37.9. The van der Waals surface area contributed by atoms with Crippen molar-refractivity contribution in [3.05, 3.63) is 132 Å². The number of hydrogen-bond donors (Lipinski definition) is 1. The summed E-state index contributed by atoms with van der Waals surface area (Å²) in [4.78, 5) is 0. The van der Waals surface area contributed by atoms with Crippen LogP contribution in [0.1, 0.15) is 37.4 Å². The number of ether oxygens (including phenoxy) is 1. The molecule has 1 saturated heterocycles. The first-order valence-electron chi connectivity index (χ1n) is 13.7. The van der Waals surface area contributed by atoms with Gasteiger partial charge in [0.2, 0.25) is 0 Å². The van der Waals surface area contributed by atoms with E-state index in [2.05, 4.69) is 35.4 Å². The van der Waals surface area contributed by atoms with Crippen LogP contribution in [0.3, 0.4) is 0 Å². The Kier molecular flexibility index (Phi) is 7.91. The predicted octanol–water partition coefficient (Wildman–Crippen LogP) is 7.78. The molecule has 2 heterocycles. The van der Waals surface area contributed by atoms with Crippen molar-refractivity contribution in [3.8, 4) is 5.75 Å². The molecule has 0 saturated carbocycles. The Balaban J connectivity index is 1.49. The van der Waals surface area contributed by atoms with Crippen LogP contribution >= 0.6 is 13.8 Å². The van der Waals surface area contributed by atoms with E-state index in [0.29, 0.717) is 36.5 Å². The molecule has 2 aliphatic heterocycles. The summed E-state index contributed by atoms with van der Waals surface area (Å²) in [6.45, 7) is 4.74. The van der Waals surface area contributed by atoms with Gasteiger partial charge in [-0.2, -0.15) is 0 Å². The molecule has 0 aromatic heterocycles. The average molecular weight is 602 g/mol. The maximum atomic E-state index is 14.5. The van der Waals surface area contributed by atoms with Crippen molar-refractivity contribution in [1.82, 2.24) is 5.09 Å². The number of nitrogens with one attached hydrogen (secondary N) is 1. The second kappa shape index (κ2) is 11.5. The van der Waals surface area contributed by atoms with Crippen molar-refractivity contribution in [1.29, 1.82) is 0 Å². The molecule has 6 rings (SSSR count). The molecular weight excluding hydrogens is 568 g/mol. The van der Waals surface area contributed by atoms with Gasteiger partial charge in [-0.15, -0.1) is 0 Å². The van der Waals surface area contributed by atoms with Gasteiger partial charge in [0.05, 0.1) is 19.4 Å². The van der Waals surface area contributed by atoms with Crippen molar-refractivity contribution < 1.29 is 18.3 Å². The van der Waals surface area contributed by atoms with Crippen LogP contribution in [0.5, 0.6) is 5.75 Å². The summed E-state index contributed by atoms with van der Waals surface area (Å²) >= 11 is 6.55.